The van der Waals surface area contributed by atoms with E-state index in [2.05, 4.69) is 15.4 Å². The number of likely N-dealkylation sites (tertiary alicyclic amines) is 1. The molecule has 2 fully saturated rings. The predicted octanol–water partition coefficient (Wildman–Crippen LogP) is 5.24. The quantitative estimate of drug-likeness (QED) is 0.310. The van der Waals surface area contributed by atoms with Gasteiger partial charge in [-0.05, 0) is 65.3 Å². The molecule has 3 aromatic rings. The maximum absolute atomic E-state index is 15.9. The van der Waals surface area contributed by atoms with Crippen LogP contribution in [0.1, 0.15) is 61.7 Å². The molecule has 46 heavy (non-hydrogen) atoms. The molecule has 11 nitrogen and oxygen atoms in total. The molecule has 2 saturated heterocycles. The maximum Gasteiger partial charge on any atom is 0.435 e. The highest BCUT2D eigenvalue weighted by molar-refractivity contribution is 6.31. The molecule has 0 saturated carbocycles. The third-order valence-corrected chi connectivity index (χ3v) is 8.44. The summed E-state index contributed by atoms with van der Waals surface area (Å²) in [6, 6.07) is 6.20. The molecule has 5 rings (SSSR count). The van der Waals surface area contributed by atoms with Crippen molar-refractivity contribution in [3.63, 3.8) is 0 Å². The summed E-state index contributed by atoms with van der Waals surface area (Å²) in [4.78, 5) is 30.9. The lowest BCUT2D eigenvalue weighted by atomic mass is 9.90. The van der Waals surface area contributed by atoms with Gasteiger partial charge in [0, 0.05) is 35.9 Å². The number of nitrogens with zero attached hydrogens (tertiary/aromatic N) is 4. The van der Waals surface area contributed by atoms with Crippen LogP contribution in [0.4, 0.5) is 25.2 Å². The number of halogens is 3. The van der Waals surface area contributed by atoms with E-state index in [-0.39, 0.29) is 59.4 Å². The zero-order chi connectivity index (χ0) is 33.4. The van der Waals surface area contributed by atoms with E-state index in [4.69, 9.17) is 25.8 Å². The molecular weight excluding hydrogens is 624 g/mol. The van der Waals surface area contributed by atoms with Crippen molar-refractivity contribution < 1.29 is 37.7 Å². The lowest BCUT2D eigenvalue weighted by molar-refractivity contribution is -0.186. The van der Waals surface area contributed by atoms with Gasteiger partial charge in [-0.1, -0.05) is 23.7 Å². The molecule has 0 bridgehead atoms. The molecule has 0 aliphatic carbocycles. The molecule has 2 aromatic heterocycles. The number of rotatable bonds is 8. The van der Waals surface area contributed by atoms with E-state index in [1.165, 1.54) is 13.2 Å². The van der Waals surface area contributed by atoms with Crippen molar-refractivity contribution in [2.24, 2.45) is 5.92 Å². The summed E-state index contributed by atoms with van der Waals surface area (Å²) in [7, 11) is 1.37. The molecule has 2 N–H and O–H groups in total. The van der Waals surface area contributed by atoms with E-state index in [1.54, 1.807) is 45.9 Å². The predicted molar refractivity (Wildman–Crippen MR) is 165 cm³/mol. The molecule has 14 heteroatoms. The van der Waals surface area contributed by atoms with Crippen LogP contribution in [0.2, 0.25) is 5.02 Å². The number of esters is 1. The number of anilines is 2. The summed E-state index contributed by atoms with van der Waals surface area (Å²) in [6.07, 6.45) is 0.404. The van der Waals surface area contributed by atoms with E-state index < -0.39 is 28.9 Å². The smallest absolute Gasteiger partial charge is 0.435 e. The highest BCUT2D eigenvalue weighted by Gasteiger charge is 2.41. The molecule has 2 aliphatic rings. The van der Waals surface area contributed by atoms with E-state index >= 15 is 8.78 Å². The number of carbonyl (C=O) groups is 2. The van der Waals surface area contributed by atoms with Crippen molar-refractivity contribution in [3.8, 4) is 0 Å². The summed E-state index contributed by atoms with van der Waals surface area (Å²) in [5, 5.41) is 18.1. The third-order valence-electron chi connectivity index (χ3n) is 8.04. The zero-order valence-corrected chi connectivity index (χ0v) is 27.2. The number of piperidine rings is 1. The number of ether oxygens (including phenoxy) is 3. The van der Waals surface area contributed by atoms with Gasteiger partial charge in [-0.3, -0.25) is 9.69 Å². The number of methoxy groups -OCH3 is 1. The molecule has 248 valence electrons. The average molecular weight is 662 g/mol. The Morgan fingerprint density at radius 2 is 1.80 bits per heavy atom. The molecule has 4 heterocycles. The second kappa shape index (κ2) is 13.2. The Morgan fingerprint density at radius 3 is 2.41 bits per heavy atom. The Balaban J connectivity index is 1.38. The fourth-order valence-electron chi connectivity index (χ4n) is 5.51. The molecule has 0 atom stereocenters. The van der Waals surface area contributed by atoms with Crippen LogP contribution in [0.25, 0.3) is 0 Å². The van der Waals surface area contributed by atoms with Gasteiger partial charge >= 0.3 is 12.1 Å². The molecule has 0 amide bonds. The number of nitrogens with one attached hydrogen (secondary N) is 1. The number of aliphatic hydroxyl groups is 1. The molecule has 0 spiro atoms. The zero-order valence-electron chi connectivity index (χ0n) is 26.5. The summed E-state index contributed by atoms with van der Waals surface area (Å²) in [6.45, 7) is 8.20. The monoisotopic (exact) mass is 661 g/mol. The van der Waals surface area contributed by atoms with Gasteiger partial charge in [-0.15, -0.1) is 5.10 Å². The van der Waals surface area contributed by atoms with Gasteiger partial charge in [0.25, 0.3) is 0 Å². The topological polar surface area (TPSA) is 128 Å². The first-order valence-corrected chi connectivity index (χ1v) is 15.4. The number of pyridine rings is 1. The Labute approximate surface area is 270 Å². The lowest BCUT2D eigenvalue weighted by Crippen LogP contribution is -2.47. The van der Waals surface area contributed by atoms with Crippen molar-refractivity contribution in [3.05, 3.63) is 69.0 Å². The van der Waals surface area contributed by atoms with Gasteiger partial charge in [0.1, 0.15) is 22.8 Å². The number of aryl methyl sites for hydroxylation is 1. The molecule has 1 aromatic carbocycles. The second-order valence-corrected chi connectivity index (χ2v) is 13.2. The van der Waals surface area contributed by atoms with E-state index in [0.29, 0.717) is 49.3 Å². The third kappa shape index (κ3) is 7.33. The summed E-state index contributed by atoms with van der Waals surface area (Å²) in [5.41, 5.74) is -1.26. The normalized spacial score (nSPS) is 17.0. The Bertz CT molecular complexity index is 1630. The van der Waals surface area contributed by atoms with Gasteiger partial charge in [-0.2, -0.15) is 4.68 Å². The Hall–Kier alpha value is -3.65. The minimum absolute atomic E-state index is 0.0434. The standard InChI is InChI=1S/C32H38ClF2N5O6/c1-18-12-25(38-40(18)30(42)46-31(2,3)4)37-24-14-22(32(43)16-45-17-32)28(35)23(36-24)13-20-6-7-21(27(34)26(20)33)15-39-10-8-19(9-11-39)29(41)44-5/h6-7,12,14,19,43H,8-11,13,15-17H2,1-5H3,(H,36,37,38). The Kier molecular flexibility index (Phi) is 9.69. The van der Waals surface area contributed by atoms with E-state index in [0.717, 1.165) is 4.68 Å². The Morgan fingerprint density at radius 1 is 1.13 bits per heavy atom. The fraction of sp³-hybridized carbons (Fsp3) is 0.500. The van der Waals surface area contributed by atoms with Crippen LogP contribution in [0.5, 0.6) is 0 Å². The first kappa shape index (κ1) is 33.7. The molecular formula is C32H38ClF2N5O6. The number of carbonyl (C=O) groups excluding carboxylic acids is 2. The van der Waals surface area contributed by atoms with Gasteiger partial charge in [0.2, 0.25) is 0 Å². The fourth-order valence-corrected chi connectivity index (χ4v) is 5.76. The van der Waals surface area contributed by atoms with Gasteiger partial charge < -0.3 is 24.6 Å². The highest BCUT2D eigenvalue weighted by Crippen LogP contribution is 2.36. The van der Waals surface area contributed by atoms with Gasteiger partial charge in [-0.25, -0.2) is 18.6 Å². The van der Waals surface area contributed by atoms with Crippen LogP contribution < -0.4 is 5.32 Å². The first-order chi connectivity index (χ1) is 21.7. The summed E-state index contributed by atoms with van der Waals surface area (Å²) >= 11 is 6.49. The van der Waals surface area contributed by atoms with Crippen LogP contribution in [0.15, 0.2) is 24.3 Å². The maximum atomic E-state index is 15.9. The van der Waals surface area contributed by atoms with Crippen LogP contribution in [-0.2, 0) is 37.6 Å². The highest BCUT2D eigenvalue weighted by atomic mass is 35.5. The number of benzene rings is 1. The van der Waals surface area contributed by atoms with Crippen molar-refractivity contribution in [2.75, 3.05) is 38.7 Å². The van der Waals surface area contributed by atoms with Crippen LogP contribution in [0, 0.1) is 24.5 Å². The summed E-state index contributed by atoms with van der Waals surface area (Å²) in [5.74, 6) is -1.39. The van der Waals surface area contributed by atoms with Gasteiger partial charge in [0.05, 0.1) is 37.0 Å². The molecule has 0 radical (unpaired) electrons. The number of hydrogen-bond donors (Lipinski definition) is 2. The van der Waals surface area contributed by atoms with Crippen molar-refractivity contribution in [1.29, 1.82) is 0 Å². The minimum atomic E-state index is -1.58. The van der Waals surface area contributed by atoms with Crippen molar-refractivity contribution >= 4 is 35.3 Å². The van der Waals surface area contributed by atoms with E-state index in [1.807, 2.05) is 4.90 Å². The molecule has 2 aliphatic heterocycles. The average Bonchev–Trinajstić information content (AvgIpc) is 3.36. The SMILES string of the molecule is COC(=O)C1CCN(Cc2ccc(Cc3nc(Nc4cc(C)n(C(=O)OC(C)(C)C)n4)cc(C4(O)COC4)c3F)c(Cl)c2F)CC1. The number of aromatic nitrogens is 3. The summed E-state index contributed by atoms with van der Waals surface area (Å²) < 4.78 is 47.9. The van der Waals surface area contributed by atoms with E-state index in [9.17, 15) is 14.7 Å². The van der Waals surface area contributed by atoms with Gasteiger partial charge in [0.15, 0.2) is 11.6 Å². The van der Waals surface area contributed by atoms with Crippen LogP contribution in [0.3, 0.4) is 0 Å². The van der Waals surface area contributed by atoms with Crippen molar-refractivity contribution in [1.82, 2.24) is 19.7 Å². The minimum Gasteiger partial charge on any atom is -0.469 e. The first-order valence-electron chi connectivity index (χ1n) is 15.0. The van der Waals surface area contributed by atoms with Crippen LogP contribution in [-0.4, -0.2) is 75.8 Å². The van der Waals surface area contributed by atoms with Crippen molar-refractivity contribution in [2.45, 2.75) is 64.7 Å². The molecule has 0 unspecified atom stereocenters. The largest absolute Gasteiger partial charge is 0.469 e. The lowest BCUT2D eigenvalue weighted by Gasteiger charge is -2.37. The second-order valence-electron chi connectivity index (χ2n) is 12.8. The number of hydrogen-bond acceptors (Lipinski definition) is 10. The van der Waals surface area contributed by atoms with Crippen LogP contribution >= 0.6 is 11.6 Å².